The van der Waals surface area contributed by atoms with Crippen LogP contribution in [0.15, 0.2) is 5.38 Å². The van der Waals surface area contributed by atoms with Crippen LogP contribution in [0.4, 0.5) is 0 Å². The molecule has 1 aliphatic rings. The first-order valence-corrected chi connectivity index (χ1v) is 7.61. The van der Waals surface area contributed by atoms with E-state index >= 15 is 0 Å². The Kier molecular flexibility index (Phi) is 4.38. The zero-order valence-corrected chi connectivity index (χ0v) is 12.6. The lowest BCUT2D eigenvalue weighted by Gasteiger charge is -2.14. The molecule has 5 heteroatoms. The summed E-state index contributed by atoms with van der Waals surface area (Å²) in [7, 11) is 0. The van der Waals surface area contributed by atoms with Crippen LogP contribution in [-0.4, -0.2) is 29.5 Å². The highest BCUT2D eigenvalue weighted by Gasteiger charge is 2.30. The Balaban J connectivity index is 1.94. The molecule has 2 atom stereocenters. The number of Topliss-reactive ketones (excluding diaryl/α,β-unsaturated/α-hetero) is 1. The number of carbonyl (C=O) groups excluding carboxylic acids is 1. The van der Waals surface area contributed by atoms with Crippen molar-refractivity contribution in [2.24, 2.45) is 5.73 Å². The molecule has 0 radical (unpaired) electrons. The number of rotatable bonds is 4. The summed E-state index contributed by atoms with van der Waals surface area (Å²) in [5.41, 5.74) is 6.64. The largest absolute Gasteiger partial charge is 0.366 e. The van der Waals surface area contributed by atoms with Crippen molar-refractivity contribution in [3.63, 3.8) is 0 Å². The van der Waals surface area contributed by atoms with Gasteiger partial charge in [0.15, 0.2) is 5.78 Å². The molecule has 0 amide bonds. The van der Waals surface area contributed by atoms with Gasteiger partial charge in [-0.15, -0.1) is 11.3 Å². The molecule has 0 bridgehead atoms. The SMILES string of the molecule is CC(C)(C)c1csc(CC(=O)C2CCC(CN)O2)n1. The monoisotopic (exact) mass is 282 g/mol. The second-order valence-corrected chi connectivity index (χ2v) is 7.02. The van der Waals surface area contributed by atoms with Crippen LogP contribution in [0.2, 0.25) is 0 Å². The summed E-state index contributed by atoms with van der Waals surface area (Å²) >= 11 is 1.56. The smallest absolute Gasteiger partial charge is 0.168 e. The van der Waals surface area contributed by atoms with Gasteiger partial charge in [-0.25, -0.2) is 4.98 Å². The highest BCUT2D eigenvalue weighted by Crippen LogP contribution is 2.25. The van der Waals surface area contributed by atoms with Gasteiger partial charge in [-0.3, -0.25) is 4.79 Å². The molecule has 4 nitrogen and oxygen atoms in total. The maximum Gasteiger partial charge on any atom is 0.168 e. The van der Waals surface area contributed by atoms with Crippen molar-refractivity contribution < 1.29 is 9.53 Å². The molecule has 0 spiro atoms. The lowest BCUT2D eigenvalue weighted by molar-refractivity contribution is -0.128. The van der Waals surface area contributed by atoms with E-state index in [2.05, 4.69) is 25.8 Å². The molecule has 19 heavy (non-hydrogen) atoms. The van der Waals surface area contributed by atoms with E-state index in [0.717, 1.165) is 23.5 Å². The fourth-order valence-corrected chi connectivity index (χ4v) is 3.15. The van der Waals surface area contributed by atoms with E-state index in [4.69, 9.17) is 10.5 Å². The van der Waals surface area contributed by atoms with E-state index in [0.29, 0.717) is 13.0 Å². The van der Waals surface area contributed by atoms with E-state index in [-0.39, 0.29) is 23.4 Å². The summed E-state index contributed by atoms with van der Waals surface area (Å²) < 4.78 is 5.62. The zero-order chi connectivity index (χ0) is 14.0. The van der Waals surface area contributed by atoms with Gasteiger partial charge in [0.1, 0.15) is 11.1 Å². The summed E-state index contributed by atoms with van der Waals surface area (Å²) in [6.45, 7) is 6.87. The highest BCUT2D eigenvalue weighted by atomic mass is 32.1. The van der Waals surface area contributed by atoms with Crippen LogP contribution in [0.5, 0.6) is 0 Å². The third-order valence-electron chi connectivity index (χ3n) is 3.38. The summed E-state index contributed by atoms with van der Waals surface area (Å²) in [6, 6.07) is 0. The number of nitrogens with two attached hydrogens (primary N) is 1. The molecule has 1 aromatic heterocycles. The Labute approximate surface area is 118 Å². The lowest BCUT2D eigenvalue weighted by atomic mass is 9.93. The van der Waals surface area contributed by atoms with E-state index in [1.165, 1.54) is 0 Å². The fourth-order valence-electron chi connectivity index (χ4n) is 2.12. The van der Waals surface area contributed by atoms with Crippen LogP contribution < -0.4 is 5.73 Å². The van der Waals surface area contributed by atoms with E-state index < -0.39 is 0 Å². The van der Waals surface area contributed by atoms with Crippen LogP contribution in [0, 0.1) is 0 Å². The first-order chi connectivity index (χ1) is 8.90. The predicted molar refractivity (Wildman–Crippen MR) is 76.5 cm³/mol. The number of thiazole rings is 1. The van der Waals surface area contributed by atoms with Gasteiger partial charge in [-0.2, -0.15) is 0 Å². The Morgan fingerprint density at radius 2 is 2.26 bits per heavy atom. The Hall–Kier alpha value is -0.780. The minimum Gasteiger partial charge on any atom is -0.366 e. The van der Waals surface area contributed by atoms with Crippen molar-refractivity contribution in [3.05, 3.63) is 16.1 Å². The molecular formula is C14H22N2O2S. The number of aromatic nitrogens is 1. The van der Waals surface area contributed by atoms with Crippen LogP contribution in [0.3, 0.4) is 0 Å². The molecule has 2 unspecified atom stereocenters. The lowest BCUT2D eigenvalue weighted by Crippen LogP contribution is -2.26. The van der Waals surface area contributed by atoms with Gasteiger partial charge >= 0.3 is 0 Å². The second kappa shape index (κ2) is 5.69. The van der Waals surface area contributed by atoms with E-state index in [1.807, 2.05) is 5.38 Å². The molecular weight excluding hydrogens is 260 g/mol. The standard InChI is InChI=1S/C14H22N2O2S/c1-14(2,3)12-8-19-13(16-12)6-10(17)11-5-4-9(7-15)18-11/h8-9,11H,4-7,15H2,1-3H3. The van der Waals surface area contributed by atoms with Crippen molar-refractivity contribution in [1.82, 2.24) is 4.98 Å². The molecule has 2 rings (SSSR count). The van der Waals surface area contributed by atoms with Crippen LogP contribution in [0.1, 0.15) is 44.3 Å². The third-order valence-corrected chi connectivity index (χ3v) is 4.22. The van der Waals surface area contributed by atoms with Gasteiger partial charge in [-0.05, 0) is 12.8 Å². The fraction of sp³-hybridized carbons (Fsp3) is 0.714. The highest BCUT2D eigenvalue weighted by molar-refractivity contribution is 7.09. The first-order valence-electron chi connectivity index (χ1n) is 6.73. The maximum atomic E-state index is 12.1. The molecule has 2 N–H and O–H groups in total. The average molecular weight is 282 g/mol. The Bertz CT molecular complexity index is 451. The van der Waals surface area contributed by atoms with Crippen molar-refractivity contribution in [1.29, 1.82) is 0 Å². The number of nitrogens with zero attached hydrogens (tertiary/aromatic N) is 1. The van der Waals surface area contributed by atoms with Crippen molar-refractivity contribution in [2.45, 2.75) is 57.7 Å². The molecule has 0 aromatic carbocycles. The van der Waals surface area contributed by atoms with E-state index in [9.17, 15) is 4.79 Å². The zero-order valence-electron chi connectivity index (χ0n) is 11.8. The summed E-state index contributed by atoms with van der Waals surface area (Å²) in [5, 5.41) is 2.93. The average Bonchev–Trinajstić information content (AvgIpc) is 2.95. The summed E-state index contributed by atoms with van der Waals surface area (Å²) in [4.78, 5) is 16.7. The number of ether oxygens (including phenoxy) is 1. The second-order valence-electron chi connectivity index (χ2n) is 6.08. The molecule has 1 fully saturated rings. The molecule has 2 heterocycles. The van der Waals surface area contributed by atoms with E-state index in [1.54, 1.807) is 11.3 Å². The van der Waals surface area contributed by atoms with Gasteiger partial charge in [-0.1, -0.05) is 20.8 Å². The predicted octanol–water partition coefficient (Wildman–Crippen LogP) is 2.06. The third kappa shape index (κ3) is 3.61. The normalized spacial score (nSPS) is 23.8. The Morgan fingerprint density at radius 1 is 1.53 bits per heavy atom. The van der Waals surface area contributed by atoms with Gasteiger partial charge in [0.05, 0.1) is 18.2 Å². The quantitative estimate of drug-likeness (QED) is 0.918. The summed E-state index contributed by atoms with van der Waals surface area (Å²) in [5.74, 6) is 0.130. The van der Waals surface area contributed by atoms with Gasteiger partial charge in [0.25, 0.3) is 0 Å². The molecule has 1 aliphatic heterocycles. The number of hydrogen-bond acceptors (Lipinski definition) is 5. The van der Waals surface area contributed by atoms with Gasteiger partial charge in [0, 0.05) is 17.3 Å². The molecule has 1 saturated heterocycles. The molecule has 0 saturated carbocycles. The summed E-state index contributed by atoms with van der Waals surface area (Å²) in [6.07, 6.45) is 1.82. The molecule has 1 aromatic rings. The first kappa shape index (κ1) is 14.6. The van der Waals surface area contributed by atoms with Crippen molar-refractivity contribution in [3.8, 4) is 0 Å². The van der Waals surface area contributed by atoms with Crippen LogP contribution in [0.25, 0.3) is 0 Å². The Morgan fingerprint density at radius 3 is 2.79 bits per heavy atom. The van der Waals surface area contributed by atoms with Gasteiger partial charge in [0.2, 0.25) is 0 Å². The van der Waals surface area contributed by atoms with Crippen molar-refractivity contribution >= 4 is 17.1 Å². The number of ketones is 1. The maximum absolute atomic E-state index is 12.1. The topological polar surface area (TPSA) is 65.2 Å². The van der Waals surface area contributed by atoms with Gasteiger partial charge < -0.3 is 10.5 Å². The van der Waals surface area contributed by atoms with Crippen molar-refractivity contribution in [2.75, 3.05) is 6.54 Å². The minimum absolute atomic E-state index is 0.0340. The minimum atomic E-state index is -0.282. The number of carbonyl (C=O) groups is 1. The molecule has 106 valence electrons. The molecule has 0 aliphatic carbocycles. The van der Waals surface area contributed by atoms with Crippen LogP contribution >= 0.6 is 11.3 Å². The van der Waals surface area contributed by atoms with Crippen LogP contribution in [-0.2, 0) is 21.4 Å². The number of hydrogen-bond donors (Lipinski definition) is 1.